The summed E-state index contributed by atoms with van der Waals surface area (Å²) in [6, 6.07) is 5.17. The molecule has 2 aliphatic rings. The van der Waals surface area contributed by atoms with E-state index in [9.17, 15) is 9.90 Å². The predicted octanol–water partition coefficient (Wildman–Crippen LogP) is 2.07. The van der Waals surface area contributed by atoms with Gasteiger partial charge in [-0.15, -0.1) is 0 Å². The minimum atomic E-state index is -0.772. The van der Waals surface area contributed by atoms with Gasteiger partial charge in [-0.2, -0.15) is 0 Å². The maximum atomic E-state index is 12.7. The molecule has 5 nitrogen and oxygen atoms in total. The molecule has 0 bridgehead atoms. The van der Waals surface area contributed by atoms with Gasteiger partial charge in [-0.25, -0.2) is 0 Å². The first-order valence-corrected chi connectivity index (χ1v) is 7.05. The van der Waals surface area contributed by atoms with Crippen LogP contribution in [0.2, 0.25) is 0 Å². The molecule has 0 radical (unpaired) electrons. The lowest BCUT2D eigenvalue weighted by atomic mass is 9.87. The second-order valence-electron chi connectivity index (χ2n) is 6.13. The van der Waals surface area contributed by atoms with E-state index in [1.165, 1.54) is 11.1 Å². The molecule has 0 spiro atoms. The monoisotopic (exact) mass is 285 g/mol. The molecule has 1 heterocycles. The third kappa shape index (κ3) is 1.70. The Balaban J connectivity index is 2.07. The lowest BCUT2D eigenvalue weighted by Crippen LogP contribution is -2.35. The maximum absolute atomic E-state index is 12.7. The van der Waals surface area contributed by atoms with Crippen molar-refractivity contribution in [3.8, 4) is 5.75 Å². The van der Waals surface area contributed by atoms with E-state index in [0.717, 1.165) is 17.5 Å². The summed E-state index contributed by atoms with van der Waals surface area (Å²) in [5.74, 6) is 0.334. The molecule has 1 amide bonds. The first-order valence-electron chi connectivity index (χ1n) is 7.05. The number of nitrogens with one attached hydrogen (secondary N) is 1. The normalized spacial score (nSPS) is 25.7. The minimum Gasteiger partial charge on any atom is -0.508 e. The molecule has 0 unspecified atom stereocenters. The smallest absolute Gasteiger partial charge is 0.239 e. The van der Waals surface area contributed by atoms with Crippen LogP contribution in [0.15, 0.2) is 30.0 Å². The minimum absolute atomic E-state index is 0.106. The molecule has 4 N–H and O–H groups in total. The van der Waals surface area contributed by atoms with Crippen LogP contribution in [0, 0.1) is 10.8 Å². The van der Waals surface area contributed by atoms with Crippen LogP contribution >= 0.6 is 0 Å². The number of fused-ring (bicyclic) bond motifs is 1. The number of phenolic OH excluding ortho intramolecular Hbond substituents is 1. The molecular formula is C16H19N3O2. The molecule has 0 aromatic heterocycles. The standard InChI is InChI=1S/C16H19N3O2/c1-16(2)11(8-17)14(18)19(15(16)21)12-7-6-10-9(12)4-3-5-13(10)20/h3-5,8,12,18,20H,6-7,17H2,1-2H3/b11-8+,18-14?/t12-/m0/s1. The fraction of sp³-hybridized carbons (Fsp3) is 0.375. The van der Waals surface area contributed by atoms with E-state index in [4.69, 9.17) is 11.1 Å². The highest BCUT2D eigenvalue weighted by Gasteiger charge is 2.50. The number of nitrogens with zero attached hydrogens (tertiary/aromatic N) is 1. The summed E-state index contributed by atoms with van der Waals surface area (Å²) in [5, 5.41) is 18.2. The van der Waals surface area contributed by atoms with Crippen molar-refractivity contribution in [1.29, 1.82) is 5.41 Å². The van der Waals surface area contributed by atoms with Gasteiger partial charge in [0, 0.05) is 11.8 Å². The largest absolute Gasteiger partial charge is 0.508 e. The number of nitrogens with two attached hydrogens (primary N) is 1. The average Bonchev–Trinajstić information content (AvgIpc) is 2.91. The van der Waals surface area contributed by atoms with Crippen LogP contribution in [0.5, 0.6) is 5.75 Å². The second kappa shape index (κ2) is 4.35. The summed E-state index contributed by atoms with van der Waals surface area (Å²) in [6.45, 7) is 3.59. The highest BCUT2D eigenvalue weighted by atomic mass is 16.3. The van der Waals surface area contributed by atoms with Gasteiger partial charge in [-0.05, 0) is 43.9 Å². The molecule has 1 aliphatic heterocycles. The average molecular weight is 285 g/mol. The zero-order chi connectivity index (χ0) is 15.4. The SMILES string of the molecule is CC1(C)C(=O)N([C@H]2CCc3c(O)cccc32)C(=N)/C1=C\N. The maximum Gasteiger partial charge on any atom is 0.239 e. The Bertz CT molecular complexity index is 676. The van der Waals surface area contributed by atoms with Crippen molar-refractivity contribution in [3.63, 3.8) is 0 Å². The molecule has 21 heavy (non-hydrogen) atoms. The Hall–Kier alpha value is -2.30. The lowest BCUT2D eigenvalue weighted by molar-refractivity contribution is -0.133. The van der Waals surface area contributed by atoms with Crippen molar-refractivity contribution in [3.05, 3.63) is 41.1 Å². The van der Waals surface area contributed by atoms with Crippen molar-refractivity contribution in [2.24, 2.45) is 11.1 Å². The third-order valence-corrected chi connectivity index (χ3v) is 4.62. The highest BCUT2D eigenvalue weighted by molar-refractivity contribution is 6.18. The molecule has 1 aromatic rings. The number of carbonyl (C=O) groups excluding carboxylic acids is 1. The molecule has 1 saturated heterocycles. The van der Waals surface area contributed by atoms with E-state index in [-0.39, 0.29) is 23.5 Å². The number of aromatic hydroxyl groups is 1. The Labute approximate surface area is 123 Å². The number of hydrogen-bond donors (Lipinski definition) is 3. The van der Waals surface area contributed by atoms with Crippen LogP contribution in [0.3, 0.4) is 0 Å². The van der Waals surface area contributed by atoms with Crippen molar-refractivity contribution >= 4 is 11.7 Å². The van der Waals surface area contributed by atoms with Gasteiger partial charge in [-0.1, -0.05) is 12.1 Å². The van der Waals surface area contributed by atoms with Crippen LogP contribution in [-0.4, -0.2) is 21.7 Å². The van der Waals surface area contributed by atoms with Gasteiger partial charge in [0.25, 0.3) is 0 Å². The van der Waals surface area contributed by atoms with Crippen LogP contribution in [0.25, 0.3) is 0 Å². The van der Waals surface area contributed by atoms with Crippen molar-refractivity contribution in [2.75, 3.05) is 0 Å². The molecule has 110 valence electrons. The zero-order valence-electron chi connectivity index (χ0n) is 12.2. The molecule has 1 fully saturated rings. The fourth-order valence-corrected chi connectivity index (χ4v) is 3.41. The third-order valence-electron chi connectivity index (χ3n) is 4.62. The lowest BCUT2D eigenvalue weighted by Gasteiger charge is -2.25. The van der Waals surface area contributed by atoms with E-state index in [1.54, 1.807) is 26.0 Å². The summed E-state index contributed by atoms with van der Waals surface area (Å²) >= 11 is 0. The number of benzene rings is 1. The first kappa shape index (κ1) is 13.7. The Morgan fingerprint density at radius 3 is 2.81 bits per heavy atom. The zero-order valence-corrected chi connectivity index (χ0v) is 12.2. The van der Waals surface area contributed by atoms with Crippen LogP contribution < -0.4 is 5.73 Å². The number of phenols is 1. The Kier molecular flexibility index (Phi) is 2.83. The van der Waals surface area contributed by atoms with Gasteiger partial charge >= 0.3 is 0 Å². The van der Waals surface area contributed by atoms with Crippen LogP contribution in [0.1, 0.15) is 37.4 Å². The second-order valence-corrected chi connectivity index (χ2v) is 6.13. The number of carbonyl (C=O) groups is 1. The molecule has 3 rings (SSSR count). The highest BCUT2D eigenvalue weighted by Crippen LogP contribution is 2.46. The molecule has 0 saturated carbocycles. The van der Waals surface area contributed by atoms with Gasteiger partial charge in [0.1, 0.15) is 11.6 Å². The summed E-state index contributed by atoms with van der Waals surface area (Å²) in [7, 11) is 0. The summed E-state index contributed by atoms with van der Waals surface area (Å²) in [5.41, 5.74) is 7.22. The molecule has 1 atom stereocenters. The van der Waals surface area contributed by atoms with Crippen LogP contribution in [0.4, 0.5) is 0 Å². The van der Waals surface area contributed by atoms with Gasteiger partial charge in [0.15, 0.2) is 0 Å². The van der Waals surface area contributed by atoms with Gasteiger partial charge in [0.05, 0.1) is 11.5 Å². The van der Waals surface area contributed by atoms with Crippen LogP contribution in [-0.2, 0) is 11.2 Å². The topological polar surface area (TPSA) is 90.4 Å². The number of amidine groups is 1. The fourth-order valence-electron chi connectivity index (χ4n) is 3.41. The van der Waals surface area contributed by atoms with E-state index < -0.39 is 5.41 Å². The summed E-state index contributed by atoms with van der Waals surface area (Å²) < 4.78 is 0. The van der Waals surface area contributed by atoms with Gasteiger partial charge in [-0.3, -0.25) is 15.1 Å². The molecule has 5 heteroatoms. The number of amides is 1. The van der Waals surface area contributed by atoms with Crippen molar-refractivity contribution < 1.29 is 9.90 Å². The summed E-state index contributed by atoms with van der Waals surface area (Å²) in [6.07, 6.45) is 2.79. The van der Waals surface area contributed by atoms with Crippen molar-refractivity contribution in [2.45, 2.75) is 32.7 Å². The Morgan fingerprint density at radius 1 is 1.48 bits per heavy atom. The molecule has 1 aromatic carbocycles. The summed E-state index contributed by atoms with van der Waals surface area (Å²) in [4.78, 5) is 14.2. The van der Waals surface area contributed by atoms with E-state index in [0.29, 0.717) is 12.0 Å². The van der Waals surface area contributed by atoms with E-state index in [1.807, 2.05) is 6.07 Å². The first-order chi connectivity index (χ1) is 9.89. The molecular weight excluding hydrogens is 266 g/mol. The van der Waals surface area contributed by atoms with Gasteiger partial charge < -0.3 is 10.8 Å². The number of rotatable bonds is 1. The number of hydrogen-bond acceptors (Lipinski definition) is 4. The Morgan fingerprint density at radius 2 is 2.19 bits per heavy atom. The molecule has 1 aliphatic carbocycles. The van der Waals surface area contributed by atoms with Gasteiger partial charge in [0.2, 0.25) is 5.91 Å². The number of likely N-dealkylation sites (tertiary alicyclic amines) is 1. The quantitative estimate of drug-likeness (QED) is 0.737. The van der Waals surface area contributed by atoms with E-state index in [2.05, 4.69) is 0 Å². The predicted molar refractivity (Wildman–Crippen MR) is 79.8 cm³/mol. The van der Waals surface area contributed by atoms with Crippen molar-refractivity contribution in [1.82, 2.24) is 4.90 Å². The van der Waals surface area contributed by atoms with E-state index >= 15 is 0 Å².